The van der Waals surface area contributed by atoms with Crippen LogP contribution in [0.4, 0.5) is 0 Å². The van der Waals surface area contributed by atoms with Crippen LogP contribution >= 0.6 is 0 Å². The molecular weight excluding hydrogens is 254 g/mol. The molecule has 2 heterocycles. The third kappa shape index (κ3) is 2.44. The third-order valence-corrected chi connectivity index (χ3v) is 5.12. The molecule has 1 aliphatic rings. The lowest BCUT2D eigenvalue weighted by Gasteiger charge is -2.33. The average Bonchev–Trinajstić information content (AvgIpc) is 2.88. The predicted molar refractivity (Wildman–Crippen MR) is 67.5 cm³/mol. The second-order valence-electron chi connectivity index (χ2n) is 4.32. The molecule has 3 N–H and O–H groups in total. The summed E-state index contributed by atoms with van der Waals surface area (Å²) in [6, 6.07) is 1.51. The van der Waals surface area contributed by atoms with Crippen molar-refractivity contribution in [1.29, 1.82) is 0 Å². The Hall–Kier alpha value is -0.890. The lowest BCUT2D eigenvalue weighted by Crippen LogP contribution is -2.48. The van der Waals surface area contributed by atoms with E-state index in [2.05, 4.69) is 4.98 Å². The summed E-state index contributed by atoms with van der Waals surface area (Å²) >= 11 is 0. The number of nitrogens with two attached hydrogens (primary N) is 1. The molecule has 1 aromatic heterocycles. The van der Waals surface area contributed by atoms with E-state index in [0.717, 1.165) is 12.1 Å². The maximum absolute atomic E-state index is 12.5. The number of nitrogens with one attached hydrogen (secondary N) is 1. The zero-order chi connectivity index (χ0) is 13.2. The molecule has 7 heteroatoms. The van der Waals surface area contributed by atoms with Crippen LogP contribution in [0.15, 0.2) is 17.2 Å². The van der Waals surface area contributed by atoms with Crippen molar-refractivity contribution in [3.8, 4) is 0 Å². The number of nitrogens with zero attached hydrogens (tertiary/aromatic N) is 1. The van der Waals surface area contributed by atoms with Crippen LogP contribution < -0.4 is 5.73 Å². The number of morpholine rings is 1. The van der Waals surface area contributed by atoms with Gasteiger partial charge in [0.25, 0.3) is 0 Å². The SMILES string of the molecule is CCC1COCCN1S(=O)(=O)c1c[nH]c(CN)c1. The van der Waals surface area contributed by atoms with E-state index in [4.69, 9.17) is 10.5 Å². The summed E-state index contributed by atoms with van der Waals surface area (Å²) in [5, 5.41) is 0. The van der Waals surface area contributed by atoms with Gasteiger partial charge in [0.1, 0.15) is 0 Å². The molecule has 18 heavy (non-hydrogen) atoms. The molecule has 0 radical (unpaired) electrons. The summed E-state index contributed by atoms with van der Waals surface area (Å²) < 4.78 is 31.8. The van der Waals surface area contributed by atoms with E-state index in [1.54, 1.807) is 6.07 Å². The van der Waals surface area contributed by atoms with Crippen LogP contribution in [0.5, 0.6) is 0 Å². The average molecular weight is 273 g/mol. The summed E-state index contributed by atoms with van der Waals surface area (Å²) in [5.41, 5.74) is 6.20. The van der Waals surface area contributed by atoms with Crippen LogP contribution in [0.3, 0.4) is 0 Å². The predicted octanol–water partition coefficient (Wildman–Crippen LogP) is 0.273. The Labute approximate surface area is 107 Å². The molecule has 2 rings (SSSR count). The first-order valence-electron chi connectivity index (χ1n) is 6.06. The van der Waals surface area contributed by atoms with Gasteiger partial charge in [-0.25, -0.2) is 8.42 Å². The fourth-order valence-corrected chi connectivity index (χ4v) is 3.79. The first kappa shape index (κ1) is 13.5. The number of aromatic nitrogens is 1. The second kappa shape index (κ2) is 5.40. The third-order valence-electron chi connectivity index (χ3n) is 3.19. The summed E-state index contributed by atoms with van der Waals surface area (Å²) in [5.74, 6) is 0. The van der Waals surface area contributed by atoms with Gasteiger partial charge in [0, 0.05) is 31.0 Å². The molecular formula is C11H19N3O3S. The molecule has 1 unspecified atom stereocenters. The van der Waals surface area contributed by atoms with Crippen LogP contribution in [0.2, 0.25) is 0 Å². The summed E-state index contributed by atoms with van der Waals surface area (Å²) in [7, 11) is -3.45. The minimum Gasteiger partial charge on any atom is -0.378 e. The summed E-state index contributed by atoms with van der Waals surface area (Å²) in [6.45, 7) is 3.58. The topological polar surface area (TPSA) is 88.4 Å². The second-order valence-corrected chi connectivity index (χ2v) is 6.21. The van der Waals surface area contributed by atoms with Gasteiger partial charge in [0.2, 0.25) is 10.0 Å². The normalized spacial score (nSPS) is 22.2. The van der Waals surface area contributed by atoms with Gasteiger partial charge in [-0.15, -0.1) is 0 Å². The number of H-pyrrole nitrogens is 1. The minimum atomic E-state index is -3.45. The zero-order valence-corrected chi connectivity index (χ0v) is 11.2. The first-order valence-corrected chi connectivity index (χ1v) is 7.50. The van der Waals surface area contributed by atoms with Gasteiger partial charge in [-0.1, -0.05) is 6.92 Å². The molecule has 1 aromatic rings. The van der Waals surface area contributed by atoms with Crippen molar-refractivity contribution in [3.05, 3.63) is 18.0 Å². The summed E-state index contributed by atoms with van der Waals surface area (Å²) in [4.78, 5) is 3.15. The van der Waals surface area contributed by atoms with Gasteiger partial charge in [-0.3, -0.25) is 0 Å². The van der Waals surface area contributed by atoms with E-state index >= 15 is 0 Å². The van der Waals surface area contributed by atoms with Crippen LogP contribution in [0.25, 0.3) is 0 Å². The highest BCUT2D eigenvalue weighted by Gasteiger charge is 2.33. The highest BCUT2D eigenvalue weighted by molar-refractivity contribution is 7.89. The van der Waals surface area contributed by atoms with E-state index < -0.39 is 10.0 Å². The number of sulfonamides is 1. The Balaban J connectivity index is 2.28. The number of hydrogen-bond donors (Lipinski definition) is 2. The van der Waals surface area contributed by atoms with Gasteiger partial charge in [-0.2, -0.15) is 4.31 Å². The molecule has 0 aliphatic carbocycles. The number of aromatic amines is 1. The molecule has 0 aromatic carbocycles. The van der Waals surface area contributed by atoms with Gasteiger partial charge in [0.15, 0.2) is 0 Å². The van der Waals surface area contributed by atoms with Crippen molar-refractivity contribution in [1.82, 2.24) is 9.29 Å². The molecule has 1 aliphatic heterocycles. The van der Waals surface area contributed by atoms with Crippen molar-refractivity contribution in [2.24, 2.45) is 5.73 Å². The lowest BCUT2D eigenvalue weighted by molar-refractivity contribution is 0.0314. The van der Waals surface area contributed by atoms with Crippen LogP contribution in [0, 0.1) is 0 Å². The lowest BCUT2D eigenvalue weighted by atomic mass is 10.2. The van der Waals surface area contributed by atoms with E-state index in [1.807, 2.05) is 6.92 Å². The van der Waals surface area contributed by atoms with Crippen molar-refractivity contribution < 1.29 is 13.2 Å². The minimum absolute atomic E-state index is 0.0834. The molecule has 1 fully saturated rings. The van der Waals surface area contributed by atoms with E-state index in [1.165, 1.54) is 10.5 Å². The van der Waals surface area contributed by atoms with Crippen molar-refractivity contribution in [2.75, 3.05) is 19.8 Å². The number of ether oxygens (including phenoxy) is 1. The first-order chi connectivity index (χ1) is 8.59. The van der Waals surface area contributed by atoms with Gasteiger partial charge < -0.3 is 15.5 Å². The maximum atomic E-state index is 12.5. The number of rotatable bonds is 4. The van der Waals surface area contributed by atoms with Crippen molar-refractivity contribution in [2.45, 2.75) is 30.8 Å². The maximum Gasteiger partial charge on any atom is 0.244 e. The molecule has 6 nitrogen and oxygen atoms in total. The largest absolute Gasteiger partial charge is 0.378 e. The Morgan fingerprint density at radius 2 is 2.39 bits per heavy atom. The van der Waals surface area contributed by atoms with Crippen LogP contribution in [-0.4, -0.2) is 43.5 Å². The molecule has 0 spiro atoms. The Morgan fingerprint density at radius 3 is 3.00 bits per heavy atom. The van der Waals surface area contributed by atoms with Crippen LogP contribution in [-0.2, 0) is 21.3 Å². The fourth-order valence-electron chi connectivity index (χ4n) is 2.10. The van der Waals surface area contributed by atoms with Gasteiger partial charge in [-0.05, 0) is 12.5 Å². The van der Waals surface area contributed by atoms with E-state index in [0.29, 0.717) is 26.3 Å². The number of hydrogen-bond acceptors (Lipinski definition) is 4. The van der Waals surface area contributed by atoms with Crippen molar-refractivity contribution in [3.63, 3.8) is 0 Å². The molecule has 0 saturated carbocycles. The van der Waals surface area contributed by atoms with Gasteiger partial charge in [0.05, 0.1) is 18.1 Å². The highest BCUT2D eigenvalue weighted by atomic mass is 32.2. The molecule has 1 saturated heterocycles. The van der Waals surface area contributed by atoms with Crippen LogP contribution in [0.1, 0.15) is 19.0 Å². The molecule has 0 bridgehead atoms. The molecule has 0 amide bonds. The Kier molecular flexibility index (Phi) is 4.06. The quantitative estimate of drug-likeness (QED) is 0.824. The molecule has 102 valence electrons. The summed E-state index contributed by atoms with van der Waals surface area (Å²) in [6.07, 6.45) is 2.24. The van der Waals surface area contributed by atoms with E-state index in [9.17, 15) is 8.42 Å². The highest BCUT2D eigenvalue weighted by Crippen LogP contribution is 2.22. The van der Waals surface area contributed by atoms with Crippen molar-refractivity contribution >= 4 is 10.0 Å². The molecule has 1 atom stereocenters. The standard InChI is InChI=1S/C11H19N3O3S/c1-2-10-8-17-4-3-14(10)18(15,16)11-5-9(6-12)13-7-11/h5,7,10,13H,2-4,6,8,12H2,1H3. The monoisotopic (exact) mass is 273 g/mol. The Bertz CT molecular complexity index is 497. The zero-order valence-electron chi connectivity index (χ0n) is 10.4. The smallest absolute Gasteiger partial charge is 0.244 e. The van der Waals surface area contributed by atoms with Gasteiger partial charge >= 0.3 is 0 Å². The fraction of sp³-hybridized carbons (Fsp3) is 0.636. The van der Waals surface area contributed by atoms with E-state index in [-0.39, 0.29) is 10.9 Å². The Morgan fingerprint density at radius 1 is 1.61 bits per heavy atom.